The van der Waals surface area contributed by atoms with Crippen molar-refractivity contribution in [1.82, 2.24) is 14.9 Å². The summed E-state index contributed by atoms with van der Waals surface area (Å²) in [6, 6.07) is 27.5. The van der Waals surface area contributed by atoms with Gasteiger partial charge in [0, 0.05) is 41.9 Å². The zero-order valence-electron chi connectivity index (χ0n) is 26.2. The smallest absolute Gasteiger partial charge is 0.335 e. The quantitative estimate of drug-likeness (QED) is 0.108. The van der Waals surface area contributed by atoms with Crippen LogP contribution in [-0.4, -0.2) is 32.4 Å². The second kappa shape index (κ2) is 16.1. The van der Waals surface area contributed by atoms with E-state index in [0.29, 0.717) is 58.1 Å². The van der Waals surface area contributed by atoms with Gasteiger partial charge in [-0.1, -0.05) is 53.5 Å². The molecular weight excluding hydrogens is 651 g/mol. The topological polar surface area (TPSA) is 123 Å². The van der Waals surface area contributed by atoms with Crippen LogP contribution in [0, 0.1) is 0 Å². The van der Waals surface area contributed by atoms with Crippen LogP contribution in [0.15, 0.2) is 103 Å². The molecule has 0 aliphatic rings. The number of carbonyl (C=O) groups is 3. The van der Waals surface area contributed by atoms with Crippen molar-refractivity contribution in [3.63, 3.8) is 0 Å². The number of aryl methyl sites for hydroxylation is 1. The maximum absolute atomic E-state index is 13.3. The Morgan fingerprint density at radius 1 is 0.875 bits per heavy atom. The number of carboxylic acid groups (broad SMARTS) is 1. The first-order chi connectivity index (χ1) is 23.2. The highest BCUT2D eigenvalue weighted by atomic mass is 35.5. The predicted molar refractivity (Wildman–Crippen MR) is 187 cm³/mol. The van der Waals surface area contributed by atoms with E-state index in [1.807, 2.05) is 78.4 Å². The van der Waals surface area contributed by atoms with Crippen LogP contribution in [0.3, 0.4) is 0 Å². The number of aromatic carboxylic acids is 1. The van der Waals surface area contributed by atoms with Crippen LogP contribution in [0.1, 0.15) is 54.0 Å². The lowest BCUT2D eigenvalue weighted by Gasteiger charge is -2.20. The van der Waals surface area contributed by atoms with E-state index in [4.69, 9.17) is 38.0 Å². The van der Waals surface area contributed by atoms with Crippen LogP contribution < -0.4 is 15.4 Å². The number of anilines is 1. The minimum absolute atomic E-state index is 0.156. The van der Waals surface area contributed by atoms with E-state index in [0.717, 1.165) is 11.1 Å². The molecule has 5 aromatic rings. The molecule has 1 heterocycles. The second-order valence-corrected chi connectivity index (χ2v) is 11.9. The number of aromatic nitrogens is 2. The van der Waals surface area contributed by atoms with Crippen LogP contribution in [0.2, 0.25) is 10.0 Å². The van der Waals surface area contributed by atoms with Gasteiger partial charge in [0.05, 0.1) is 22.3 Å². The zero-order valence-corrected chi connectivity index (χ0v) is 27.7. The number of carboxylic acids is 1. The molecule has 0 aliphatic carbocycles. The number of nitrogens with zero attached hydrogens (tertiary/aromatic N) is 2. The minimum atomic E-state index is -1.01. The number of hydrogen-bond acceptors (Lipinski definition) is 5. The van der Waals surface area contributed by atoms with Gasteiger partial charge in [0.25, 0.3) is 0 Å². The lowest BCUT2D eigenvalue weighted by molar-refractivity contribution is -0.122. The Morgan fingerprint density at radius 2 is 1.54 bits per heavy atom. The van der Waals surface area contributed by atoms with Gasteiger partial charge in [0.1, 0.15) is 17.3 Å². The largest absolute Gasteiger partial charge is 0.478 e. The highest BCUT2D eigenvalue weighted by Crippen LogP contribution is 2.32. The molecule has 0 aliphatic heterocycles. The molecule has 0 saturated carbocycles. The van der Waals surface area contributed by atoms with Crippen molar-refractivity contribution in [1.29, 1.82) is 0 Å². The fourth-order valence-corrected chi connectivity index (χ4v) is 5.65. The summed E-state index contributed by atoms with van der Waals surface area (Å²) in [5.41, 5.74) is 3.19. The van der Waals surface area contributed by atoms with E-state index in [1.165, 1.54) is 12.1 Å². The minimum Gasteiger partial charge on any atom is -0.478 e. The summed E-state index contributed by atoms with van der Waals surface area (Å²) in [7, 11) is 0. The maximum atomic E-state index is 13.3. The Balaban J connectivity index is 1.32. The molecule has 48 heavy (non-hydrogen) atoms. The molecule has 0 bridgehead atoms. The van der Waals surface area contributed by atoms with Gasteiger partial charge in [0.15, 0.2) is 0 Å². The number of amides is 2. The molecule has 0 radical (unpaired) electrons. The Bertz CT molecular complexity index is 1880. The van der Waals surface area contributed by atoms with E-state index < -0.39 is 12.0 Å². The average Bonchev–Trinajstić information content (AvgIpc) is 3.50. The Labute approximate surface area is 288 Å². The zero-order chi connectivity index (χ0) is 34.0. The first-order valence-electron chi connectivity index (χ1n) is 15.5. The Hall–Kier alpha value is -5.12. The molecule has 5 rings (SSSR count). The lowest BCUT2D eigenvalue weighted by atomic mass is 10.0. The van der Waals surface area contributed by atoms with E-state index in [1.54, 1.807) is 24.3 Å². The van der Waals surface area contributed by atoms with E-state index in [9.17, 15) is 14.4 Å². The summed E-state index contributed by atoms with van der Waals surface area (Å²) in [4.78, 5) is 41.8. The van der Waals surface area contributed by atoms with Gasteiger partial charge < -0.3 is 25.0 Å². The van der Waals surface area contributed by atoms with Gasteiger partial charge in [-0.3, -0.25) is 9.59 Å². The summed E-state index contributed by atoms with van der Waals surface area (Å²) >= 11 is 12.6. The number of nitrogens with one attached hydrogen (secondary N) is 2. The van der Waals surface area contributed by atoms with Crippen molar-refractivity contribution in [3.05, 3.63) is 130 Å². The highest BCUT2D eigenvalue weighted by molar-refractivity contribution is 6.36. The molecule has 0 unspecified atom stereocenters. The first kappa shape index (κ1) is 34.2. The van der Waals surface area contributed by atoms with Crippen molar-refractivity contribution >= 4 is 46.7 Å². The third kappa shape index (κ3) is 9.24. The van der Waals surface area contributed by atoms with Crippen molar-refractivity contribution in [3.8, 4) is 22.8 Å². The summed E-state index contributed by atoms with van der Waals surface area (Å²) in [6.45, 7) is 2.60. The molecule has 246 valence electrons. The van der Waals surface area contributed by atoms with Gasteiger partial charge in [-0.25, -0.2) is 9.78 Å². The Morgan fingerprint density at radius 3 is 2.19 bits per heavy atom. The third-order valence-electron chi connectivity index (χ3n) is 7.57. The fraction of sp³-hybridized carbons (Fsp3) is 0.189. The van der Waals surface area contributed by atoms with Gasteiger partial charge in [-0.15, -0.1) is 0 Å². The average molecular weight is 686 g/mol. The maximum Gasteiger partial charge on any atom is 0.335 e. The van der Waals surface area contributed by atoms with Crippen molar-refractivity contribution in [2.75, 3.05) is 5.32 Å². The van der Waals surface area contributed by atoms with Gasteiger partial charge in [0.2, 0.25) is 11.8 Å². The van der Waals surface area contributed by atoms with Crippen LogP contribution in [0.25, 0.3) is 11.3 Å². The highest BCUT2D eigenvalue weighted by Gasteiger charge is 2.23. The number of imidazole rings is 1. The second-order valence-electron chi connectivity index (χ2n) is 11.1. The van der Waals surface area contributed by atoms with E-state index in [-0.39, 0.29) is 30.2 Å². The summed E-state index contributed by atoms with van der Waals surface area (Å²) in [5, 5.41) is 16.1. The van der Waals surface area contributed by atoms with E-state index >= 15 is 0 Å². The van der Waals surface area contributed by atoms with E-state index in [2.05, 4.69) is 10.6 Å². The molecule has 4 aromatic carbocycles. The van der Waals surface area contributed by atoms with Gasteiger partial charge in [-0.05, 0) is 92.1 Å². The number of ether oxygens (including phenoxy) is 1. The molecule has 2 amide bonds. The normalized spacial score (nSPS) is 11.5. The third-order valence-corrected chi connectivity index (χ3v) is 8.12. The summed E-state index contributed by atoms with van der Waals surface area (Å²) < 4.78 is 7.88. The van der Waals surface area contributed by atoms with Crippen molar-refractivity contribution < 1.29 is 24.2 Å². The van der Waals surface area contributed by atoms with Gasteiger partial charge >= 0.3 is 5.97 Å². The molecule has 0 saturated heterocycles. The SMILES string of the molecule is CCn1cc(-c2ccc(Cl)cc2Cl)nc1[C@H](Cc1ccc(Oc2ccc(C(=O)O)cc2)cc1)NC(=O)CCCC(=O)Nc1ccccc1. The fourth-order valence-electron chi connectivity index (χ4n) is 5.15. The number of para-hydroxylation sites is 1. The molecule has 1 atom stereocenters. The number of rotatable bonds is 14. The number of halogens is 2. The van der Waals surface area contributed by atoms with Crippen LogP contribution in [0.4, 0.5) is 5.69 Å². The molecule has 9 nitrogen and oxygen atoms in total. The number of carbonyl (C=O) groups excluding carboxylic acids is 2. The molecule has 0 fully saturated rings. The predicted octanol–water partition coefficient (Wildman–Crippen LogP) is 8.58. The molecular formula is C37H34Cl2N4O5. The summed E-state index contributed by atoms with van der Waals surface area (Å²) in [5.74, 6) is 0.381. The lowest BCUT2D eigenvalue weighted by Crippen LogP contribution is -2.32. The monoisotopic (exact) mass is 684 g/mol. The van der Waals surface area contributed by atoms with Crippen molar-refractivity contribution in [2.24, 2.45) is 0 Å². The Kier molecular flexibility index (Phi) is 11.5. The molecule has 1 aromatic heterocycles. The van der Waals surface area contributed by atoms with Crippen LogP contribution in [0.5, 0.6) is 11.5 Å². The molecule has 11 heteroatoms. The molecule has 3 N–H and O–H groups in total. The first-order valence-corrected chi connectivity index (χ1v) is 16.2. The van der Waals surface area contributed by atoms with Gasteiger partial charge in [-0.2, -0.15) is 0 Å². The van der Waals surface area contributed by atoms with Crippen molar-refractivity contribution in [2.45, 2.75) is 45.2 Å². The number of hydrogen-bond donors (Lipinski definition) is 3. The van der Waals surface area contributed by atoms with Crippen LogP contribution in [-0.2, 0) is 22.6 Å². The van der Waals surface area contributed by atoms with Crippen LogP contribution >= 0.6 is 23.2 Å². The number of benzene rings is 4. The molecule has 0 spiro atoms. The standard InChI is InChI=1S/C37H34Cl2N4O5/c1-2-43-23-33(30-20-15-26(38)22-31(30)39)42-36(43)32(41-35(45)10-6-9-34(44)40-27-7-4-3-5-8-27)21-24-11-16-28(17-12-24)48-29-18-13-25(14-19-29)37(46)47/h3-5,7-8,11-20,22-23,32H,2,6,9-10,21H2,1H3,(H,40,44)(H,41,45)(H,46,47)/t32-/m0/s1. The summed E-state index contributed by atoms with van der Waals surface area (Å²) in [6.07, 6.45) is 3.08.